The molecule has 0 spiro atoms. The second kappa shape index (κ2) is 5.41. The Bertz CT molecular complexity index is 499. The van der Waals surface area contributed by atoms with Gasteiger partial charge in [-0.3, -0.25) is 4.57 Å². The van der Waals surface area contributed by atoms with Crippen LogP contribution in [0, 0.1) is 0 Å². The lowest BCUT2D eigenvalue weighted by Crippen LogP contribution is -2.29. The summed E-state index contributed by atoms with van der Waals surface area (Å²) >= 11 is 0. The first-order valence-corrected chi connectivity index (χ1v) is 5.60. The van der Waals surface area contributed by atoms with Crippen molar-refractivity contribution in [3.63, 3.8) is 0 Å². The number of nitrogens with zero attached hydrogens (tertiary/aromatic N) is 6. The third kappa shape index (κ3) is 2.54. The monoisotopic (exact) mass is 249 g/mol. The number of hydrogen-bond acceptors (Lipinski definition) is 7. The first kappa shape index (κ1) is 12.2. The van der Waals surface area contributed by atoms with E-state index in [4.69, 9.17) is 10.8 Å². The van der Waals surface area contributed by atoms with E-state index in [1.807, 2.05) is 11.8 Å². The molecule has 96 valence electrons. The Labute approximate surface area is 104 Å². The molecule has 0 aliphatic heterocycles. The standard InChI is InChI=1S/C10H15N7O/c1-2-16(5-6-18)9-13-8(11)14-10(15-9)17-4-3-12-7-17/h3-4,7,18H,2,5-6H2,1H3,(H2,11,13,14,15). The molecule has 8 heteroatoms. The molecule has 2 aromatic rings. The lowest BCUT2D eigenvalue weighted by Gasteiger charge is -2.19. The molecule has 0 bridgehead atoms. The third-order valence-electron chi connectivity index (χ3n) is 2.40. The van der Waals surface area contributed by atoms with Crippen LogP contribution in [0.3, 0.4) is 0 Å². The fraction of sp³-hybridized carbons (Fsp3) is 0.400. The normalized spacial score (nSPS) is 10.6. The smallest absolute Gasteiger partial charge is 0.241 e. The van der Waals surface area contributed by atoms with Crippen LogP contribution < -0.4 is 10.6 Å². The molecule has 0 amide bonds. The van der Waals surface area contributed by atoms with Gasteiger partial charge in [0.15, 0.2) is 0 Å². The highest BCUT2D eigenvalue weighted by Gasteiger charge is 2.11. The number of nitrogens with two attached hydrogens (primary N) is 1. The first-order valence-electron chi connectivity index (χ1n) is 5.60. The van der Waals surface area contributed by atoms with Gasteiger partial charge in [0.1, 0.15) is 6.33 Å². The predicted octanol–water partition coefficient (Wildman–Crippen LogP) is -0.542. The molecule has 3 N–H and O–H groups in total. The van der Waals surface area contributed by atoms with Crippen molar-refractivity contribution in [1.29, 1.82) is 0 Å². The van der Waals surface area contributed by atoms with Gasteiger partial charge in [-0.2, -0.15) is 15.0 Å². The molecule has 0 aromatic carbocycles. The van der Waals surface area contributed by atoms with Crippen LogP contribution in [0.4, 0.5) is 11.9 Å². The van der Waals surface area contributed by atoms with Crippen molar-refractivity contribution < 1.29 is 5.11 Å². The Morgan fingerprint density at radius 3 is 2.83 bits per heavy atom. The molecule has 18 heavy (non-hydrogen) atoms. The maximum atomic E-state index is 8.99. The Morgan fingerprint density at radius 1 is 1.39 bits per heavy atom. The van der Waals surface area contributed by atoms with Gasteiger partial charge in [-0.1, -0.05) is 0 Å². The maximum absolute atomic E-state index is 8.99. The molecule has 2 aromatic heterocycles. The zero-order valence-electron chi connectivity index (χ0n) is 10.1. The zero-order chi connectivity index (χ0) is 13.0. The summed E-state index contributed by atoms with van der Waals surface area (Å²) in [6.45, 7) is 3.10. The number of likely N-dealkylation sites (N-methyl/N-ethyl adjacent to an activating group) is 1. The molecule has 0 radical (unpaired) electrons. The summed E-state index contributed by atoms with van der Waals surface area (Å²) in [4.78, 5) is 18.2. The molecular formula is C10H15N7O. The molecule has 2 rings (SSSR count). The van der Waals surface area contributed by atoms with Crippen LogP contribution in [0.5, 0.6) is 0 Å². The van der Waals surface area contributed by atoms with Gasteiger partial charge in [-0.25, -0.2) is 4.98 Å². The summed E-state index contributed by atoms with van der Waals surface area (Å²) in [6, 6.07) is 0. The molecule has 8 nitrogen and oxygen atoms in total. The van der Waals surface area contributed by atoms with E-state index in [1.165, 1.54) is 0 Å². The van der Waals surface area contributed by atoms with Crippen LogP contribution in [-0.2, 0) is 0 Å². The number of rotatable bonds is 5. The zero-order valence-corrected chi connectivity index (χ0v) is 10.1. The number of hydrogen-bond donors (Lipinski definition) is 2. The fourth-order valence-corrected chi connectivity index (χ4v) is 1.52. The molecule has 2 heterocycles. The van der Waals surface area contributed by atoms with E-state index in [1.54, 1.807) is 23.3 Å². The third-order valence-corrected chi connectivity index (χ3v) is 2.40. The molecule has 0 unspecified atom stereocenters. The number of imidazole rings is 1. The summed E-state index contributed by atoms with van der Waals surface area (Å²) in [6.07, 6.45) is 4.94. The summed E-state index contributed by atoms with van der Waals surface area (Å²) in [5.74, 6) is 0.995. The van der Waals surface area contributed by atoms with E-state index < -0.39 is 0 Å². The Morgan fingerprint density at radius 2 is 2.22 bits per heavy atom. The van der Waals surface area contributed by atoms with E-state index >= 15 is 0 Å². The number of aliphatic hydroxyl groups excluding tert-OH is 1. The minimum atomic E-state index is 0.0276. The highest BCUT2D eigenvalue weighted by Crippen LogP contribution is 2.11. The van der Waals surface area contributed by atoms with Gasteiger partial charge in [-0.05, 0) is 6.92 Å². The SMILES string of the molecule is CCN(CCO)c1nc(N)nc(-n2ccnc2)n1. The van der Waals surface area contributed by atoms with Crippen LogP contribution in [0.1, 0.15) is 6.92 Å². The summed E-state index contributed by atoms with van der Waals surface area (Å²) in [5, 5.41) is 8.99. The van der Waals surface area contributed by atoms with Gasteiger partial charge < -0.3 is 15.7 Å². The largest absolute Gasteiger partial charge is 0.395 e. The molecule has 0 saturated carbocycles. The fourth-order valence-electron chi connectivity index (χ4n) is 1.52. The van der Waals surface area contributed by atoms with Gasteiger partial charge in [0.05, 0.1) is 6.61 Å². The van der Waals surface area contributed by atoms with E-state index in [0.29, 0.717) is 25.0 Å². The van der Waals surface area contributed by atoms with Gasteiger partial charge in [0, 0.05) is 25.5 Å². The lowest BCUT2D eigenvalue weighted by atomic mass is 10.5. The van der Waals surface area contributed by atoms with Crippen molar-refractivity contribution in [3.05, 3.63) is 18.7 Å². The Hall–Kier alpha value is -2.22. The summed E-state index contributed by atoms with van der Waals surface area (Å²) in [7, 11) is 0. The number of anilines is 2. The van der Waals surface area contributed by atoms with E-state index in [0.717, 1.165) is 0 Å². The molecule has 0 aliphatic carbocycles. The minimum Gasteiger partial charge on any atom is -0.395 e. The van der Waals surface area contributed by atoms with Crippen molar-refractivity contribution in [2.24, 2.45) is 0 Å². The molecule has 0 aliphatic rings. The lowest BCUT2D eigenvalue weighted by molar-refractivity contribution is 0.301. The van der Waals surface area contributed by atoms with Gasteiger partial charge >= 0.3 is 0 Å². The Kier molecular flexibility index (Phi) is 3.68. The average molecular weight is 249 g/mol. The maximum Gasteiger partial charge on any atom is 0.241 e. The van der Waals surface area contributed by atoms with Crippen LogP contribution in [0.25, 0.3) is 5.95 Å². The van der Waals surface area contributed by atoms with E-state index in [9.17, 15) is 0 Å². The van der Waals surface area contributed by atoms with Crippen molar-refractivity contribution >= 4 is 11.9 Å². The Balaban J connectivity index is 2.37. The highest BCUT2D eigenvalue weighted by molar-refractivity contribution is 5.37. The van der Waals surface area contributed by atoms with Gasteiger partial charge in [0.2, 0.25) is 17.8 Å². The predicted molar refractivity (Wildman–Crippen MR) is 66.3 cm³/mol. The average Bonchev–Trinajstić information content (AvgIpc) is 2.89. The van der Waals surface area contributed by atoms with Gasteiger partial charge in [-0.15, -0.1) is 0 Å². The molecule has 0 saturated heterocycles. The van der Waals surface area contributed by atoms with Crippen molar-refractivity contribution in [2.45, 2.75) is 6.92 Å². The molecular weight excluding hydrogens is 234 g/mol. The molecule has 0 atom stereocenters. The topological polar surface area (TPSA) is 106 Å². The van der Waals surface area contributed by atoms with Crippen molar-refractivity contribution in [3.8, 4) is 5.95 Å². The van der Waals surface area contributed by atoms with Crippen molar-refractivity contribution in [1.82, 2.24) is 24.5 Å². The van der Waals surface area contributed by atoms with Crippen molar-refractivity contribution in [2.75, 3.05) is 30.3 Å². The number of aromatic nitrogens is 5. The van der Waals surface area contributed by atoms with Gasteiger partial charge in [0.25, 0.3) is 0 Å². The van der Waals surface area contributed by atoms with E-state index in [-0.39, 0.29) is 12.6 Å². The number of nitrogen functional groups attached to an aromatic ring is 1. The quantitative estimate of drug-likeness (QED) is 0.732. The molecule has 0 fully saturated rings. The highest BCUT2D eigenvalue weighted by atomic mass is 16.3. The second-order valence-electron chi connectivity index (χ2n) is 3.57. The van der Waals surface area contributed by atoms with Crippen LogP contribution in [0.2, 0.25) is 0 Å². The van der Waals surface area contributed by atoms with Crippen LogP contribution in [-0.4, -0.2) is 49.3 Å². The van der Waals surface area contributed by atoms with Crippen LogP contribution >= 0.6 is 0 Å². The minimum absolute atomic E-state index is 0.0276. The second-order valence-corrected chi connectivity index (χ2v) is 3.57. The summed E-state index contributed by atoms with van der Waals surface area (Å²) < 4.78 is 1.65. The number of aliphatic hydroxyl groups is 1. The summed E-state index contributed by atoms with van der Waals surface area (Å²) in [5.41, 5.74) is 5.67. The van der Waals surface area contributed by atoms with Crippen LogP contribution in [0.15, 0.2) is 18.7 Å². The van der Waals surface area contributed by atoms with E-state index in [2.05, 4.69) is 19.9 Å². The first-order chi connectivity index (χ1) is 8.74.